The molecule has 0 bridgehead atoms. The summed E-state index contributed by atoms with van der Waals surface area (Å²) in [6.45, 7) is 0.511. The molecular weight excluding hydrogens is 468 g/mol. The van der Waals surface area contributed by atoms with Crippen molar-refractivity contribution < 1.29 is 17.9 Å². The Morgan fingerprint density at radius 3 is 2.71 bits per heavy atom. The van der Waals surface area contributed by atoms with Crippen molar-refractivity contribution in [3.8, 4) is 17.6 Å². The lowest BCUT2D eigenvalue weighted by atomic mass is 10.2. The fraction of sp³-hybridized carbons (Fsp3) is 0.167. The van der Waals surface area contributed by atoms with Crippen LogP contribution in [0.2, 0.25) is 0 Å². The normalized spacial score (nSPS) is 13.7. The van der Waals surface area contributed by atoms with Gasteiger partial charge in [0, 0.05) is 24.0 Å². The molecule has 35 heavy (non-hydrogen) atoms. The summed E-state index contributed by atoms with van der Waals surface area (Å²) in [5.74, 6) is 0.311. The number of nitrogens with one attached hydrogen (secondary N) is 1. The second kappa shape index (κ2) is 8.73. The Labute approximate surface area is 201 Å². The van der Waals surface area contributed by atoms with Gasteiger partial charge >= 0.3 is 0 Å². The molecule has 10 nitrogen and oxygen atoms in total. The van der Waals surface area contributed by atoms with E-state index in [4.69, 9.17) is 4.74 Å². The lowest BCUT2D eigenvalue weighted by Gasteiger charge is -2.19. The first-order valence-electron chi connectivity index (χ1n) is 10.8. The Balaban J connectivity index is 1.58. The van der Waals surface area contributed by atoms with E-state index in [1.54, 1.807) is 17.0 Å². The first-order chi connectivity index (χ1) is 16.9. The molecule has 3 heterocycles. The summed E-state index contributed by atoms with van der Waals surface area (Å²) in [7, 11) is -2.89. The highest BCUT2D eigenvalue weighted by Gasteiger charge is 2.28. The van der Waals surface area contributed by atoms with E-state index in [0.29, 0.717) is 36.4 Å². The number of amides is 1. The van der Waals surface area contributed by atoms with E-state index in [2.05, 4.69) is 14.8 Å². The van der Waals surface area contributed by atoms with Crippen LogP contribution in [-0.4, -0.2) is 42.7 Å². The molecule has 1 N–H and O–H groups in total. The van der Waals surface area contributed by atoms with Gasteiger partial charge in [-0.15, -0.1) is 0 Å². The number of nitriles is 1. The van der Waals surface area contributed by atoms with Crippen LogP contribution in [0.4, 0.5) is 11.5 Å². The van der Waals surface area contributed by atoms with Crippen LogP contribution in [0, 0.1) is 11.3 Å². The summed E-state index contributed by atoms with van der Waals surface area (Å²) in [4.78, 5) is 18.1. The predicted molar refractivity (Wildman–Crippen MR) is 129 cm³/mol. The lowest BCUT2D eigenvalue weighted by Crippen LogP contribution is -2.24. The number of rotatable bonds is 6. The number of benzene rings is 2. The first-order valence-corrected chi connectivity index (χ1v) is 12.2. The molecule has 5 rings (SSSR count). The molecule has 2 aromatic heterocycles. The number of sulfonamides is 1. The van der Waals surface area contributed by atoms with Gasteiger partial charge in [0.2, 0.25) is 5.91 Å². The van der Waals surface area contributed by atoms with Gasteiger partial charge in [-0.1, -0.05) is 18.2 Å². The van der Waals surface area contributed by atoms with Gasteiger partial charge in [-0.25, -0.2) is 13.4 Å². The number of nitrogens with zero attached hydrogens (tertiary/aromatic N) is 5. The number of pyridine rings is 1. The SMILES string of the molecule is COc1ccc(N2CCCC2=O)cc1S(=O)(=O)Nc1c(C#N)cnn1-c1ccc2ccccc2n1. The number of carbonyl (C=O) groups excluding carboxylic acids is 1. The van der Waals surface area contributed by atoms with Gasteiger partial charge in [-0.3, -0.25) is 9.52 Å². The molecule has 0 saturated carbocycles. The largest absolute Gasteiger partial charge is 0.495 e. The molecule has 1 amide bonds. The maximum absolute atomic E-state index is 13.5. The van der Waals surface area contributed by atoms with Gasteiger partial charge in [0.25, 0.3) is 10.0 Å². The summed E-state index contributed by atoms with van der Waals surface area (Å²) in [6.07, 6.45) is 2.38. The van der Waals surface area contributed by atoms with Crippen LogP contribution in [0.15, 0.2) is 65.7 Å². The van der Waals surface area contributed by atoms with Crippen LogP contribution in [0.3, 0.4) is 0 Å². The maximum atomic E-state index is 13.5. The van der Waals surface area contributed by atoms with Gasteiger partial charge in [0.1, 0.15) is 22.3 Å². The van der Waals surface area contributed by atoms with Crippen molar-refractivity contribution in [3.63, 3.8) is 0 Å². The van der Waals surface area contributed by atoms with Crippen molar-refractivity contribution >= 4 is 38.3 Å². The Morgan fingerprint density at radius 1 is 1.14 bits per heavy atom. The number of methoxy groups -OCH3 is 1. The zero-order valence-electron chi connectivity index (χ0n) is 18.7. The number of aromatic nitrogens is 3. The minimum Gasteiger partial charge on any atom is -0.495 e. The summed E-state index contributed by atoms with van der Waals surface area (Å²) in [6, 6.07) is 17.5. The van der Waals surface area contributed by atoms with Crippen LogP contribution in [-0.2, 0) is 14.8 Å². The number of ether oxygens (including phenoxy) is 1. The predicted octanol–water partition coefficient (Wildman–Crippen LogP) is 3.23. The Bertz CT molecular complexity index is 1610. The smallest absolute Gasteiger partial charge is 0.266 e. The highest BCUT2D eigenvalue weighted by atomic mass is 32.2. The van der Waals surface area contributed by atoms with Crippen LogP contribution in [0.25, 0.3) is 16.7 Å². The second-order valence-electron chi connectivity index (χ2n) is 7.88. The summed E-state index contributed by atoms with van der Waals surface area (Å²) in [5, 5.41) is 14.7. The van der Waals surface area contributed by atoms with Crippen LogP contribution in [0.5, 0.6) is 5.75 Å². The topological polar surface area (TPSA) is 130 Å². The molecule has 1 saturated heterocycles. The van der Waals surface area contributed by atoms with Crippen molar-refractivity contribution in [2.45, 2.75) is 17.7 Å². The second-order valence-corrected chi connectivity index (χ2v) is 9.53. The van der Waals surface area contributed by atoms with Gasteiger partial charge in [-0.05, 0) is 42.8 Å². The molecule has 4 aromatic rings. The van der Waals surface area contributed by atoms with E-state index < -0.39 is 10.0 Å². The maximum Gasteiger partial charge on any atom is 0.266 e. The van der Waals surface area contributed by atoms with Crippen molar-refractivity contribution in [3.05, 3.63) is 66.4 Å². The lowest BCUT2D eigenvalue weighted by molar-refractivity contribution is -0.117. The van der Waals surface area contributed by atoms with E-state index in [-0.39, 0.29) is 27.9 Å². The Hall–Kier alpha value is -4.43. The molecule has 0 radical (unpaired) electrons. The number of fused-ring (bicyclic) bond motifs is 1. The number of hydrogen-bond acceptors (Lipinski definition) is 7. The van der Waals surface area contributed by atoms with Crippen LogP contribution < -0.4 is 14.4 Å². The van der Waals surface area contributed by atoms with E-state index >= 15 is 0 Å². The molecule has 1 fully saturated rings. The third-order valence-electron chi connectivity index (χ3n) is 5.74. The average molecular weight is 489 g/mol. The number of carbonyl (C=O) groups is 1. The van der Waals surface area contributed by atoms with Gasteiger partial charge < -0.3 is 9.64 Å². The quantitative estimate of drug-likeness (QED) is 0.441. The number of anilines is 2. The minimum absolute atomic E-state index is 0.0216. The highest BCUT2D eigenvalue weighted by Crippen LogP contribution is 2.33. The fourth-order valence-electron chi connectivity index (χ4n) is 4.02. The molecule has 11 heteroatoms. The molecule has 2 aromatic carbocycles. The van der Waals surface area contributed by atoms with E-state index in [1.807, 2.05) is 36.4 Å². The molecule has 1 aliphatic heterocycles. The van der Waals surface area contributed by atoms with E-state index in [0.717, 1.165) is 5.39 Å². The first kappa shape index (κ1) is 22.4. The monoisotopic (exact) mass is 488 g/mol. The molecule has 1 aliphatic rings. The molecular formula is C24H20N6O4S. The zero-order valence-corrected chi connectivity index (χ0v) is 19.5. The average Bonchev–Trinajstić information content (AvgIpc) is 3.48. The standard InChI is InChI=1S/C24H20N6O4S/c1-34-20-10-9-18(29-12-4-7-23(29)31)13-21(20)35(32,33)28-24-17(14-25)15-26-30(24)22-11-8-16-5-2-3-6-19(16)27-22/h2-3,5-6,8-11,13,15,28H,4,7,12H2,1H3. The molecule has 0 atom stereocenters. The van der Waals surface area contributed by atoms with E-state index in [9.17, 15) is 18.5 Å². The molecule has 0 spiro atoms. The highest BCUT2D eigenvalue weighted by molar-refractivity contribution is 7.92. The van der Waals surface area contributed by atoms with Crippen molar-refractivity contribution in [1.82, 2.24) is 14.8 Å². The van der Waals surface area contributed by atoms with Gasteiger partial charge in [0.15, 0.2) is 11.6 Å². The third kappa shape index (κ3) is 4.04. The number of para-hydroxylation sites is 1. The van der Waals surface area contributed by atoms with Crippen molar-refractivity contribution in [2.75, 3.05) is 23.3 Å². The fourth-order valence-corrected chi connectivity index (χ4v) is 5.28. The van der Waals surface area contributed by atoms with Crippen molar-refractivity contribution in [1.29, 1.82) is 5.26 Å². The van der Waals surface area contributed by atoms with Crippen molar-refractivity contribution in [2.24, 2.45) is 0 Å². The van der Waals surface area contributed by atoms with Gasteiger partial charge in [0.05, 0.1) is 18.8 Å². The minimum atomic E-state index is -4.25. The Kier molecular flexibility index (Phi) is 5.58. The van der Waals surface area contributed by atoms with E-state index in [1.165, 1.54) is 30.1 Å². The summed E-state index contributed by atoms with van der Waals surface area (Å²) < 4.78 is 36.1. The third-order valence-corrected chi connectivity index (χ3v) is 7.10. The van der Waals surface area contributed by atoms with Crippen LogP contribution >= 0.6 is 0 Å². The Morgan fingerprint density at radius 2 is 1.97 bits per heavy atom. The summed E-state index contributed by atoms with van der Waals surface area (Å²) >= 11 is 0. The summed E-state index contributed by atoms with van der Waals surface area (Å²) in [5.41, 5.74) is 1.17. The van der Waals surface area contributed by atoms with Crippen LogP contribution in [0.1, 0.15) is 18.4 Å². The number of hydrogen-bond donors (Lipinski definition) is 1. The zero-order chi connectivity index (χ0) is 24.6. The molecule has 176 valence electrons. The molecule has 0 unspecified atom stereocenters. The molecule has 0 aliphatic carbocycles. The van der Waals surface area contributed by atoms with Gasteiger partial charge in [-0.2, -0.15) is 15.0 Å².